The Kier molecular flexibility index (Phi) is 5.77. The third kappa shape index (κ3) is 5.84. The second-order valence-corrected chi connectivity index (χ2v) is 4.18. The van der Waals surface area contributed by atoms with Crippen LogP contribution in [0.5, 0.6) is 6.01 Å². The fraction of sp³-hybridized carbons (Fsp3) is 0.636. The van der Waals surface area contributed by atoms with E-state index in [1.54, 1.807) is 7.05 Å². The van der Waals surface area contributed by atoms with E-state index < -0.39 is 0 Å². The molecule has 1 rings (SSSR count). The number of nitrogens with one attached hydrogen (secondary N) is 2. The zero-order valence-electron chi connectivity index (χ0n) is 11.4. The molecule has 1 amide bonds. The molecule has 19 heavy (non-hydrogen) atoms. The fourth-order valence-corrected chi connectivity index (χ4v) is 1.27. The first-order valence-corrected chi connectivity index (χ1v) is 6.14. The summed E-state index contributed by atoms with van der Waals surface area (Å²) in [6, 6.07) is 0.256. The van der Waals surface area contributed by atoms with Gasteiger partial charge in [0, 0.05) is 20.0 Å². The van der Waals surface area contributed by atoms with Crippen molar-refractivity contribution in [3.8, 4) is 6.01 Å². The molecule has 8 heteroatoms. The number of primary amides is 1. The van der Waals surface area contributed by atoms with E-state index in [1.165, 1.54) is 0 Å². The highest BCUT2D eigenvalue weighted by molar-refractivity contribution is 5.73. The normalized spacial score (nSPS) is 10.3. The van der Waals surface area contributed by atoms with Crippen LogP contribution in [0.3, 0.4) is 0 Å². The number of rotatable bonds is 8. The molecule has 0 saturated heterocycles. The summed E-state index contributed by atoms with van der Waals surface area (Å²) in [6.45, 7) is 4.34. The quantitative estimate of drug-likeness (QED) is 0.584. The van der Waals surface area contributed by atoms with Crippen LogP contribution in [0.15, 0.2) is 0 Å². The highest BCUT2D eigenvalue weighted by Crippen LogP contribution is 2.12. The van der Waals surface area contributed by atoms with Crippen LogP contribution in [0.25, 0.3) is 0 Å². The van der Waals surface area contributed by atoms with Gasteiger partial charge in [0.1, 0.15) is 0 Å². The van der Waals surface area contributed by atoms with E-state index in [0.29, 0.717) is 31.3 Å². The summed E-state index contributed by atoms with van der Waals surface area (Å²) < 4.78 is 5.43. The molecule has 106 valence electrons. The maximum absolute atomic E-state index is 10.6. The molecule has 4 N–H and O–H groups in total. The van der Waals surface area contributed by atoms with E-state index in [1.807, 2.05) is 13.8 Å². The van der Waals surface area contributed by atoms with Gasteiger partial charge in [-0.3, -0.25) is 4.79 Å². The smallest absolute Gasteiger partial charge is 0.323 e. The van der Waals surface area contributed by atoms with Crippen LogP contribution >= 0.6 is 0 Å². The Bertz CT molecular complexity index is 424. The van der Waals surface area contributed by atoms with E-state index in [0.717, 1.165) is 0 Å². The molecular weight excluding hydrogens is 248 g/mol. The number of hydrogen-bond acceptors (Lipinski definition) is 7. The number of anilines is 2. The lowest BCUT2D eigenvalue weighted by Gasteiger charge is -2.10. The lowest BCUT2D eigenvalue weighted by Crippen LogP contribution is -2.15. The number of aromatic nitrogens is 3. The number of amides is 1. The summed E-state index contributed by atoms with van der Waals surface area (Å²) in [5.74, 6) is 0.500. The number of hydrogen-bond donors (Lipinski definition) is 3. The van der Waals surface area contributed by atoms with Gasteiger partial charge in [0.05, 0.1) is 6.10 Å². The molecule has 1 heterocycles. The van der Waals surface area contributed by atoms with Crippen LogP contribution < -0.4 is 21.1 Å². The van der Waals surface area contributed by atoms with Crippen molar-refractivity contribution in [3.05, 3.63) is 0 Å². The van der Waals surface area contributed by atoms with Gasteiger partial charge in [-0.15, -0.1) is 0 Å². The van der Waals surface area contributed by atoms with Gasteiger partial charge in [0.15, 0.2) is 0 Å². The van der Waals surface area contributed by atoms with Crippen LogP contribution in [0.4, 0.5) is 11.9 Å². The summed E-state index contributed by atoms with van der Waals surface area (Å²) in [6.07, 6.45) is 0.928. The van der Waals surface area contributed by atoms with E-state index in [4.69, 9.17) is 10.5 Å². The highest BCUT2D eigenvalue weighted by atomic mass is 16.5. The number of carbonyl (C=O) groups excluding carboxylic acids is 1. The Morgan fingerprint density at radius 1 is 1.32 bits per heavy atom. The zero-order chi connectivity index (χ0) is 14.3. The average molecular weight is 268 g/mol. The summed E-state index contributed by atoms with van der Waals surface area (Å²) in [7, 11) is 1.71. The largest absolute Gasteiger partial charge is 0.461 e. The van der Waals surface area contributed by atoms with Crippen molar-refractivity contribution in [1.82, 2.24) is 15.0 Å². The van der Waals surface area contributed by atoms with Crippen LogP contribution in [0.1, 0.15) is 26.7 Å². The lowest BCUT2D eigenvalue weighted by atomic mass is 10.3. The maximum atomic E-state index is 10.6. The molecule has 0 spiro atoms. The summed E-state index contributed by atoms with van der Waals surface area (Å²) in [5, 5.41) is 5.83. The van der Waals surface area contributed by atoms with Gasteiger partial charge in [-0.05, 0) is 20.3 Å². The SMILES string of the molecule is CNc1nc(NCCCC(N)=O)nc(OC(C)C)n1. The molecule has 0 radical (unpaired) electrons. The molecule has 0 aliphatic carbocycles. The minimum atomic E-state index is -0.322. The first-order valence-electron chi connectivity index (χ1n) is 6.14. The van der Waals surface area contributed by atoms with E-state index in [9.17, 15) is 4.79 Å². The van der Waals surface area contributed by atoms with E-state index in [-0.39, 0.29) is 18.0 Å². The van der Waals surface area contributed by atoms with Crippen LogP contribution in [0.2, 0.25) is 0 Å². The topological polar surface area (TPSA) is 115 Å². The van der Waals surface area contributed by atoms with Crippen LogP contribution in [-0.2, 0) is 4.79 Å². The molecule has 0 unspecified atom stereocenters. The number of nitrogens with zero attached hydrogens (tertiary/aromatic N) is 3. The van der Waals surface area contributed by atoms with Crippen molar-refractivity contribution in [1.29, 1.82) is 0 Å². The predicted molar refractivity (Wildman–Crippen MR) is 72.1 cm³/mol. The second-order valence-electron chi connectivity index (χ2n) is 4.18. The van der Waals surface area contributed by atoms with Crippen molar-refractivity contribution < 1.29 is 9.53 Å². The van der Waals surface area contributed by atoms with Crippen molar-refractivity contribution in [3.63, 3.8) is 0 Å². The van der Waals surface area contributed by atoms with Crippen molar-refractivity contribution in [2.75, 3.05) is 24.2 Å². The third-order valence-corrected chi connectivity index (χ3v) is 2.06. The summed E-state index contributed by atoms with van der Waals surface area (Å²) in [4.78, 5) is 23.0. The van der Waals surface area contributed by atoms with E-state index in [2.05, 4.69) is 25.6 Å². The summed E-state index contributed by atoms with van der Waals surface area (Å²) >= 11 is 0. The molecule has 0 fully saturated rings. The van der Waals surface area contributed by atoms with E-state index >= 15 is 0 Å². The van der Waals surface area contributed by atoms with Gasteiger partial charge in [-0.25, -0.2) is 0 Å². The molecule has 0 aliphatic rings. The Hall–Kier alpha value is -2.12. The minimum Gasteiger partial charge on any atom is -0.461 e. The van der Waals surface area contributed by atoms with Crippen molar-refractivity contribution in [2.24, 2.45) is 5.73 Å². The number of carbonyl (C=O) groups is 1. The van der Waals surface area contributed by atoms with Gasteiger partial charge in [-0.2, -0.15) is 15.0 Å². The van der Waals surface area contributed by atoms with Gasteiger partial charge < -0.3 is 21.1 Å². The first-order chi connectivity index (χ1) is 9.01. The molecule has 0 bridgehead atoms. The third-order valence-electron chi connectivity index (χ3n) is 2.06. The molecule has 0 atom stereocenters. The number of ether oxygens (including phenoxy) is 1. The molecule has 0 saturated carbocycles. The van der Waals surface area contributed by atoms with Crippen molar-refractivity contribution >= 4 is 17.8 Å². The Labute approximate surface area is 112 Å². The monoisotopic (exact) mass is 268 g/mol. The minimum absolute atomic E-state index is 0.0187. The fourth-order valence-electron chi connectivity index (χ4n) is 1.27. The Balaban J connectivity index is 2.63. The van der Waals surface area contributed by atoms with Gasteiger partial charge in [0.25, 0.3) is 0 Å². The molecule has 1 aromatic heterocycles. The second kappa shape index (κ2) is 7.34. The molecule has 1 aromatic rings. The summed E-state index contributed by atoms with van der Waals surface area (Å²) in [5.41, 5.74) is 5.06. The molecular formula is C11H20N6O2. The zero-order valence-corrected chi connectivity index (χ0v) is 11.4. The lowest BCUT2D eigenvalue weighted by molar-refractivity contribution is -0.118. The van der Waals surface area contributed by atoms with Gasteiger partial charge in [0.2, 0.25) is 17.8 Å². The molecule has 0 aromatic carbocycles. The maximum Gasteiger partial charge on any atom is 0.323 e. The Morgan fingerprint density at radius 3 is 2.58 bits per heavy atom. The number of nitrogens with two attached hydrogens (primary N) is 1. The van der Waals surface area contributed by atoms with Crippen LogP contribution in [0, 0.1) is 0 Å². The molecule has 8 nitrogen and oxygen atoms in total. The van der Waals surface area contributed by atoms with Crippen molar-refractivity contribution in [2.45, 2.75) is 32.8 Å². The van der Waals surface area contributed by atoms with Gasteiger partial charge >= 0.3 is 6.01 Å². The highest BCUT2D eigenvalue weighted by Gasteiger charge is 2.07. The predicted octanol–water partition coefficient (Wildman–Crippen LogP) is 0.378. The molecule has 0 aliphatic heterocycles. The van der Waals surface area contributed by atoms with Gasteiger partial charge in [-0.1, -0.05) is 0 Å². The van der Waals surface area contributed by atoms with Crippen LogP contribution in [-0.4, -0.2) is 40.6 Å². The first kappa shape index (κ1) is 14.9. The standard InChI is InChI=1S/C11H20N6O2/c1-7(2)19-11-16-9(13-3)15-10(17-11)14-6-4-5-8(12)18/h7H,4-6H2,1-3H3,(H2,12,18)(H2,13,14,15,16,17). The average Bonchev–Trinajstić information content (AvgIpc) is 2.33. The Morgan fingerprint density at radius 2 is 2.00 bits per heavy atom.